The molecule has 1 fully saturated rings. The zero-order valence-corrected chi connectivity index (χ0v) is 19.8. The van der Waals surface area contributed by atoms with Gasteiger partial charge >= 0.3 is 0 Å². The molecule has 2 heterocycles. The molecule has 1 saturated heterocycles. The molecule has 1 aliphatic rings. The zero-order valence-electron chi connectivity index (χ0n) is 18.2. The Kier molecular flexibility index (Phi) is 8.48. The number of hydrogen-bond donors (Lipinski definition) is 1. The van der Waals surface area contributed by atoms with Crippen LogP contribution in [-0.4, -0.2) is 58.0 Å². The van der Waals surface area contributed by atoms with Gasteiger partial charge in [0, 0.05) is 37.5 Å². The Bertz CT molecular complexity index is 951. The molecule has 1 aliphatic heterocycles. The molecule has 0 bridgehead atoms. The van der Waals surface area contributed by atoms with E-state index in [2.05, 4.69) is 16.3 Å². The SMILES string of the molecule is CCN(CC)c1ccc(S(=O)(=O)N2CCOCC2)cc1NC(=O)CCCc1cccs1. The number of thiophene rings is 1. The Morgan fingerprint density at radius 1 is 1.19 bits per heavy atom. The smallest absolute Gasteiger partial charge is 0.243 e. The van der Waals surface area contributed by atoms with Gasteiger partial charge in [-0.25, -0.2) is 8.42 Å². The van der Waals surface area contributed by atoms with Crippen LogP contribution in [-0.2, 0) is 26.0 Å². The molecule has 31 heavy (non-hydrogen) atoms. The predicted octanol–water partition coefficient (Wildman–Crippen LogP) is 3.58. The van der Waals surface area contributed by atoms with Crippen molar-refractivity contribution in [3.05, 3.63) is 40.6 Å². The summed E-state index contributed by atoms with van der Waals surface area (Å²) >= 11 is 1.69. The average Bonchev–Trinajstić information content (AvgIpc) is 3.29. The number of hydrogen-bond acceptors (Lipinski definition) is 6. The summed E-state index contributed by atoms with van der Waals surface area (Å²) in [5.74, 6) is -0.106. The first-order chi connectivity index (χ1) is 15.0. The van der Waals surface area contributed by atoms with E-state index in [1.54, 1.807) is 29.5 Å². The van der Waals surface area contributed by atoms with Gasteiger partial charge in [0.2, 0.25) is 15.9 Å². The first kappa shape index (κ1) is 23.7. The Morgan fingerprint density at radius 2 is 1.94 bits per heavy atom. The number of sulfonamides is 1. The molecule has 0 saturated carbocycles. The number of aryl methyl sites for hydroxylation is 1. The summed E-state index contributed by atoms with van der Waals surface area (Å²) in [6, 6.07) is 9.10. The maximum atomic E-state index is 13.1. The minimum Gasteiger partial charge on any atom is -0.379 e. The van der Waals surface area contributed by atoms with Gasteiger partial charge in [0.1, 0.15) is 0 Å². The van der Waals surface area contributed by atoms with Crippen molar-refractivity contribution in [2.75, 3.05) is 49.6 Å². The number of amides is 1. The van der Waals surface area contributed by atoms with E-state index in [9.17, 15) is 13.2 Å². The van der Waals surface area contributed by atoms with E-state index >= 15 is 0 Å². The van der Waals surface area contributed by atoms with Gasteiger partial charge in [-0.05, 0) is 56.3 Å². The van der Waals surface area contributed by atoms with Crippen molar-refractivity contribution in [3.8, 4) is 0 Å². The van der Waals surface area contributed by atoms with E-state index < -0.39 is 10.0 Å². The molecule has 1 amide bonds. The van der Waals surface area contributed by atoms with Crippen LogP contribution in [0.2, 0.25) is 0 Å². The molecule has 1 N–H and O–H groups in total. The van der Waals surface area contributed by atoms with E-state index in [4.69, 9.17) is 4.74 Å². The molecule has 2 aromatic rings. The molecule has 170 valence electrons. The fourth-order valence-electron chi connectivity index (χ4n) is 3.64. The normalized spacial score (nSPS) is 15.0. The Labute approximate surface area is 189 Å². The van der Waals surface area contributed by atoms with Gasteiger partial charge in [-0.1, -0.05) is 6.07 Å². The second-order valence-electron chi connectivity index (χ2n) is 7.35. The molecule has 3 rings (SSSR count). The van der Waals surface area contributed by atoms with E-state index in [1.807, 2.05) is 25.3 Å². The van der Waals surface area contributed by atoms with E-state index in [0.29, 0.717) is 38.4 Å². The van der Waals surface area contributed by atoms with Crippen LogP contribution >= 0.6 is 11.3 Å². The zero-order chi connectivity index (χ0) is 22.3. The van der Waals surface area contributed by atoms with Crippen LogP contribution in [0, 0.1) is 0 Å². The average molecular weight is 466 g/mol. The topological polar surface area (TPSA) is 79.0 Å². The molecule has 9 heteroatoms. The first-order valence-corrected chi connectivity index (χ1v) is 13.1. The van der Waals surface area contributed by atoms with Crippen molar-refractivity contribution in [1.82, 2.24) is 4.31 Å². The van der Waals surface area contributed by atoms with Crippen molar-refractivity contribution in [2.45, 2.75) is 38.0 Å². The quantitative estimate of drug-likeness (QED) is 0.580. The highest BCUT2D eigenvalue weighted by molar-refractivity contribution is 7.89. The van der Waals surface area contributed by atoms with Gasteiger partial charge in [0.25, 0.3) is 0 Å². The van der Waals surface area contributed by atoms with E-state index in [1.165, 1.54) is 9.18 Å². The summed E-state index contributed by atoms with van der Waals surface area (Å²) in [5, 5.41) is 5.00. The van der Waals surface area contributed by atoms with Gasteiger partial charge in [0.05, 0.1) is 29.5 Å². The number of carbonyl (C=O) groups is 1. The van der Waals surface area contributed by atoms with Crippen LogP contribution in [0.15, 0.2) is 40.6 Å². The van der Waals surface area contributed by atoms with Gasteiger partial charge in [-0.3, -0.25) is 4.79 Å². The minimum atomic E-state index is -3.64. The van der Waals surface area contributed by atoms with E-state index in [-0.39, 0.29) is 10.8 Å². The van der Waals surface area contributed by atoms with Crippen LogP contribution < -0.4 is 10.2 Å². The number of ether oxygens (including phenoxy) is 1. The number of benzene rings is 1. The van der Waals surface area contributed by atoms with Crippen LogP contribution in [0.5, 0.6) is 0 Å². The van der Waals surface area contributed by atoms with Crippen molar-refractivity contribution in [3.63, 3.8) is 0 Å². The summed E-state index contributed by atoms with van der Waals surface area (Å²) < 4.78 is 32.9. The molecule has 1 aromatic heterocycles. The van der Waals surface area contributed by atoms with Gasteiger partial charge in [0.15, 0.2) is 0 Å². The molecule has 0 radical (unpaired) electrons. The maximum absolute atomic E-state index is 13.1. The second-order valence-corrected chi connectivity index (χ2v) is 10.3. The highest BCUT2D eigenvalue weighted by Gasteiger charge is 2.27. The third kappa shape index (κ3) is 6.06. The number of carbonyl (C=O) groups excluding carboxylic acids is 1. The lowest BCUT2D eigenvalue weighted by Gasteiger charge is -2.28. The molecule has 0 atom stereocenters. The van der Waals surface area contributed by atoms with Crippen molar-refractivity contribution < 1.29 is 17.9 Å². The van der Waals surface area contributed by atoms with Gasteiger partial charge in [-0.15, -0.1) is 11.3 Å². The molecule has 0 aliphatic carbocycles. The van der Waals surface area contributed by atoms with Crippen molar-refractivity contribution >= 4 is 38.6 Å². The summed E-state index contributed by atoms with van der Waals surface area (Å²) in [5.41, 5.74) is 1.37. The summed E-state index contributed by atoms with van der Waals surface area (Å²) in [6.45, 7) is 7.05. The standard InChI is InChI=1S/C22H31N3O4S2/c1-3-24(4-2)21-11-10-19(31(27,28)25-12-14-29-15-13-25)17-20(21)23-22(26)9-5-7-18-8-6-16-30-18/h6,8,10-11,16-17H,3-5,7,9,12-15H2,1-2H3,(H,23,26). The van der Waals surface area contributed by atoms with Gasteiger partial charge in [-0.2, -0.15) is 4.31 Å². The summed E-state index contributed by atoms with van der Waals surface area (Å²) in [6.07, 6.45) is 1.99. The maximum Gasteiger partial charge on any atom is 0.243 e. The van der Waals surface area contributed by atoms with Crippen LogP contribution in [0.25, 0.3) is 0 Å². The second kappa shape index (κ2) is 11.1. The lowest BCUT2D eigenvalue weighted by atomic mass is 10.2. The number of rotatable bonds is 10. The third-order valence-corrected chi connectivity index (χ3v) is 8.19. The van der Waals surface area contributed by atoms with E-state index in [0.717, 1.165) is 31.6 Å². The number of anilines is 2. The third-order valence-electron chi connectivity index (χ3n) is 5.36. The molecule has 0 unspecified atom stereocenters. The number of nitrogens with zero attached hydrogens (tertiary/aromatic N) is 2. The number of morpholine rings is 1. The molecular formula is C22H31N3O4S2. The minimum absolute atomic E-state index is 0.106. The Hall–Kier alpha value is -1.94. The molecule has 1 aromatic carbocycles. The monoisotopic (exact) mass is 465 g/mol. The fraction of sp³-hybridized carbons (Fsp3) is 0.500. The number of nitrogens with one attached hydrogen (secondary N) is 1. The lowest BCUT2D eigenvalue weighted by molar-refractivity contribution is -0.116. The summed E-state index contributed by atoms with van der Waals surface area (Å²) in [4.78, 5) is 16.2. The highest BCUT2D eigenvalue weighted by Crippen LogP contribution is 2.31. The van der Waals surface area contributed by atoms with Crippen LogP contribution in [0.1, 0.15) is 31.6 Å². The van der Waals surface area contributed by atoms with Crippen LogP contribution in [0.3, 0.4) is 0 Å². The van der Waals surface area contributed by atoms with Crippen LogP contribution in [0.4, 0.5) is 11.4 Å². The molecule has 7 nitrogen and oxygen atoms in total. The Balaban J connectivity index is 1.79. The lowest BCUT2D eigenvalue weighted by Crippen LogP contribution is -2.40. The largest absolute Gasteiger partial charge is 0.379 e. The highest BCUT2D eigenvalue weighted by atomic mass is 32.2. The van der Waals surface area contributed by atoms with Crippen molar-refractivity contribution in [2.24, 2.45) is 0 Å². The molecular weight excluding hydrogens is 434 g/mol. The summed E-state index contributed by atoms with van der Waals surface area (Å²) in [7, 11) is -3.64. The Morgan fingerprint density at radius 3 is 2.58 bits per heavy atom. The van der Waals surface area contributed by atoms with Gasteiger partial charge < -0.3 is 15.0 Å². The first-order valence-electron chi connectivity index (χ1n) is 10.7. The molecule has 0 spiro atoms. The van der Waals surface area contributed by atoms with Crippen molar-refractivity contribution in [1.29, 1.82) is 0 Å². The predicted molar refractivity (Wildman–Crippen MR) is 125 cm³/mol. The fourth-order valence-corrected chi connectivity index (χ4v) is 5.83.